The van der Waals surface area contributed by atoms with E-state index >= 15 is 0 Å². The van der Waals surface area contributed by atoms with Gasteiger partial charge in [0.2, 0.25) is 0 Å². The molecule has 1 aliphatic heterocycles. The average Bonchev–Trinajstić information content (AvgIpc) is 2.60. The number of rotatable bonds is 6. The molecule has 1 amide bonds. The predicted octanol–water partition coefficient (Wildman–Crippen LogP) is 2.22. The number of halogens is 2. The number of aliphatic hydroxyl groups is 1. The molecule has 6 nitrogen and oxygen atoms in total. The Bertz CT molecular complexity index is 555. The SMILES string of the molecule is CCOC(=O)N(CC(O)CCl)c1ccc(N2CCOCC2)c(F)c1. The van der Waals surface area contributed by atoms with Gasteiger partial charge in [0.15, 0.2) is 0 Å². The second kappa shape index (κ2) is 9.05. The summed E-state index contributed by atoms with van der Waals surface area (Å²) in [6.07, 6.45) is -1.58. The number of morpholine rings is 1. The Morgan fingerprint density at radius 3 is 2.79 bits per heavy atom. The summed E-state index contributed by atoms with van der Waals surface area (Å²) in [6.45, 7) is 4.12. The van der Waals surface area contributed by atoms with Crippen molar-refractivity contribution in [3.8, 4) is 0 Å². The van der Waals surface area contributed by atoms with E-state index in [0.717, 1.165) is 0 Å². The first-order valence-electron chi connectivity index (χ1n) is 7.87. The van der Waals surface area contributed by atoms with Crippen molar-refractivity contribution in [2.45, 2.75) is 13.0 Å². The lowest BCUT2D eigenvalue weighted by Crippen LogP contribution is -2.39. The fourth-order valence-electron chi connectivity index (χ4n) is 2.47. The molecule has 1 unspecified atom stereocenters. The third kappa shape index (κ3) is 4.72. The molecule has 1 aromatic carbocycles. The van der Waals surface area contributed by atoms with Crippen LogP contribution in [0.1, 0.15) is 6.92 Å². The van der Waals surface area contributed by atoms with Crippen LogP contribution in [0.15, 0.2) is 18.2 Å². The van der Waals surface area contributed by atoms with Crippen molar-refractivity contribution in [3.05, 3.63) is 24.0 Å². The second-order valence-corrected chi connectivity index (χ2v) is 5.66. The number of nitrogens with zero attached hydrogens (tertiary/aromatic N) is 2. The molecule has 2 rings (SSSR count). The topological polar surface area (TPSA) is 62.2 Å². The van der Waals surface area contributed by atoms with Gasteiger partial charge in [-0.2, -0.15) is 0 Å². The number of ether oxygens (including phenoxy) is 2. The third-order valence-corrected chi connectivity index (χ3v) is 4.01. The number of amides is 1. The molecular weight excluding hydrogens is 339 g/mol. The van der Waals surface area contributed by atoms with Crippen LogP contribution in [0.3, 0.4) is 0 Å². The van der Waals surface area contributed by atoms with Gasteiger partial charge in [-0.25, -0.2) is 9.18 Å². The molecule has 0 saturated carbocycles. The number of benzene rings is 1. The first-order chi connectivity index (χ1) is 11.6. The quantitative estimate of drug-likeness (QED) is 0.788. The molecule has 8 heteroatoms. The van der Waals surface area contributed by atoms with Crippen LogP contribution in [-0.2, 0) is 9.47 Å². The van der Waals surface area contributed by atoms with E-state index < -0.39 is 18.0 Å². The molecule has 0 spiro atoms. The number of carbonyl (C=O) groups excluding carboxylic acids is 1. The Kier molecular flexibility index (Phi) is 7.08. The number of alkyl halides is 1. The van der Waals surface area contributed by atoms with E-state index in [9.17, 15) is 14.3 Å². The van der Waals surface area contributed by atoms with E-state index in [2.05, 4.69) is 0 Å². The van der Waals surface area contributed by atoms with Gasteiger partial charge in [-0.3, -0.25) is 4.90 Å². The molecule has 24 heavy (non-hydrogen) atoms. The number of carbonyl (C=O) groups is 1. The highest BCUT2D eigenvalue weighted by Crippen LogP contribution is 2.26. The number of hydrogen-bond acceptors (Lipinski definition) is 5. The maximum Gasteiger partial charge on any atom is 0.414 e. The van der Waals surface area contributed by atoms with Gasteiger partial charge in [-0.05, 0) is 25.1 Å². The Hall–Kier alpha value is -1.57. The summed E-state index contributed by atoms with van der Waals surface area (Å²) in [5.41, 5.74) is 0.774. The zero-order valence-electron chi connectivity index (χ0n) is 13.6. The van der Waals surface area contributed by atoms with E-state index in [0.29, 0.717) is 37.7 Å². The van der Waals surface area contributed by atoms with Gasteiger partial charge in [-0.15, -0.1) is 11.6 Å². The Morgan fingerprint density at radius 1 is 1.50 bits per heavy atom. The first kappa shape index (κ1) is 18.8. The van der Waals surface area contributed by atoms with Gasteiger partial charge < -0.3 is 19.5 Å². The Labute approximate surface area is 145 Å². The van der Waals surface area contributed by atoms with Crippen molar-refractivity contribution < 1.29 is 23.8 Å². The Balaban J connectivity index is 2.22. The largest absolute Gasteiger partial charge is 0.449 e. The molecule has 1 atom stereocenters. The molecule has 0 bridgehead atoms. The molecule has 1 heterocycles. The van der Waals surface area contributed by atoms with Gasteiger partial charge in [0.25, 0.3) is 0 Å². The van der Waals surface area contributed by atoms with Crippen LogP contribution in [0.4, 0.5) is 20.6 Å². The number of anilines is 2. The minimum absolute atomic E-state index is 0.0375. The normalized spacial score (nSPS) is 15.9. The summed E-state index contributed by atoms with van der Waals surface area (Å²) >= 11 is 5.60. The highest BCUT2D eigenvalue weighted by molar-refractivity contribution is 6.18. The van der Waals surface area contributed by atoms with Gasteiger partial charge in [-0.1, -0.05) is 0 Å². The first-order valence-corrected chi connectivity index (χ1v) is 8.40. The Morgan fingerprint density at radius 2 is 2.21 bits per heavy atom. The molecular formula is C16H22ClFN2O4. The maximum absolute atomic E-state index is 14.5. The molecule has 0 aromatic heterocycles. The highest BCUT2D eigenvalue weighted by Gasteiger charge is 2.22. The van der Waals surface area contributed by atoms with Crippen molar-refractivity contribution in [1.82, 2.24) is 0 Å². The van der Waals surface area contributed by atoms with Crippen molar-refractivity contribution in [2.75, 3.05) is 55.1 Å². The molecule has 1 N–H and O–H groups in total. The summed E-state index contributed by atoms with van der Waals surface area (Å²) in [5, 5.41) is 9.74. The van der Waals surface area contributed by atoms with Crippen molar-refractivity contribution >= 4 is 29.1 Å². The van der Waals surface area contributed by atoms with Crippen LogP contribution in [0.25, 0.3) is 0 Å². The fourth-order valence-corrected chi connectivity index (χ4v) is 2.57. The van der Waals surface area contributed by atoms with Crippen LogP contribution in [0, 0.1) is 5.82 Å². The molecule has 1 aromatic rings. The van der Waals surface area contributed by atoms with Crippen LogP contribution in [0.2, 0.25) is 0 Å². The highest BCUT2D eigenvalue weighted by atomic mass is 35.5. The summed E-state index contributed by atoms with van der Waals surface area (Å²) in [7, 11) is 0. The summed E-state index contributed by atoms with van der Waals surface area (Å²) in [6, 6.07) is 4.52. The average molecular weight is 361 g/mol. The van der Waals surface area contributed by atoms with E-state index in [4.69, 9.17) is 21.1 Å². The van der Waals surface area contributed by atoms with E-state index in [-0.39, 0.29) is 19.0 Å². The fraction of sp³-hybridized carbons (Fsp3) is 0.562. The molecule has 0 radical (unpaired) electrons. The van der Waals surface area contributed by atoms with Crippen molar-refractivity contribution in [2.24, 2.45) is 0 Å². The zero-order valence-corrected chi connectivity index (χ0v) is 14.3. The zero-order chi connectivity index (χ0) is 17.5. The minimum Gasteiger partial charge on any atom is -0.449 e. The van der Waals surface area contributed by atoms with E-state index in [1.807, 2.05) is 4.90 Å². The van der Waals surface area contributed by atoms with Crippen LogP contribution in [-0.4, -0.2) is 62.6 Å². The van der Waals surface area contributed by atoms with Gasteiger partial charge in [0.1, 0.15) is 5.82 Å². The predicted molar refractivity (Wildman–Crippen MR) is 90.5 cm³/mol. The number of aliphatic hydroxyl groups excluding tert-OH is 1. The number of hydrogen-bond donors (Lipinski definition) is 1. The van der Waals surface area contributed by atoms with Gasteiger partial charge in [0.05, 0.1) is 49.7 Å². The van der Waals surface area contributed by atoms with Gasteiger partial charge in [0, 0.05) is 13.1 Å². The molecule has 1 saturated heterocycles. The van der Waals surface area contributed by atoms with E-state index in [1.165, 1.54) is 11.0 Å². The summed E-state index contributed by atoms with van der Waals surface area (Å²) in [4.78, 5) is 15.2. The van der Waals surface area contributed by atoms with Gasteiger partial charge >= 0.3 is 6.09 Å². The lowest BCUT2D eigenvalue weighted by atomic mass is 10.2. The maximum atomic E-state index is 14.5. The van der Waals surface area contributed by atoms with Crippen LogP contribution >= 0.6 is 11.6 Å². The van der Waals surface area contributed by atoms with E-state index in [1.54, 1.807) is 19.1 Å². The summed E-state index contributed by atoms with van der Waals surface area (Å²) in [5.74, 6) is -0.478. The molecule has 134 valence electrons. The van der Waals surface area contributed by atoms with Crippen LogP contribution in [0.5, 0.6) is 0 Å². The summed E-state index contributed by atoms with van der Waals surface area (Å²) < 4.78 is 24.8. The van der Waals surface area contributed by atoms with Crippen LogP contribution < -0.4 is 9.80 Å². The molecule has 1 aliphatic rings. The molecule has 1 fully saturated rings. The second-order valence-electron chi connectivity index (χ2n) is 5.35. The smallest absolute Gasteiger partial charge is 0.414 e. The lowest BCUT2D eigenvalue weighted by molar-refractivity contribution is 0.122. The standard InChI is InChI=1S/C16H22ClFN2O4/c1-2-24-16(22)20(11-13(21)10-17)12-3-4-15(14(18)9-12)19-5-7-23-8-6-19/h3-4,9,13,21H,2,5-8,10-11H2,1H3. The third-order valence-electron chi connectivity index (χ3n) is 3.65. The van der Waals surface area contributed by atoms with Crippen molar-refractivity contribution in [3.63, 3.8) is 0 Å². The van der Waals surface area contributed by atoms with Crippen molar-refractivity contribution in [1.29, 1.82) is 0 Å². The monoisotopic (exact) mass is 360 g/mol. The molecule has 0 aliphatic carbocycles. The minimum atomic E-state index is -0.932. The lowest BCUT2D eigenvalue weighted by Gasteiger charge is -2.30.